The maximum Gasteiger partial charge on any atom is 0.167 e. The van der Waals surface area contributed by atoms with Crippen molar-refractivity contribution in [3.63, 3.8) is 0 Å². The maximum atomic E-state index is 13.6. The molecule has 4 aromatic rings. The van der Waals surface area contributed by atoms with E-state index in [-0.39, 0.29) is 11.2 Å². The molecule has 1 aliphatic heterocycles. The van der Waals surface area contributed by atoms with E-state index in [4.69, 9.17) is 0 Å². The second-order valence-corrected chi connectivity index (χ2v) is 11.7. The van der Waals surface area contributed by atoms with Crippen LogP contribution in [-0.4, -0.2) is 48.5 Å². The zero-order valence-electron chi connectivity index (χ0n) is 23.5. The number of Topliss-reactive ketones (excluding diaryl/α,β-unsaturated/α-hetero) is 1. The van der Waals surface area contributed by atoms with Crippen LogP contribution in [0.25, 0.3) is 16.9 Å². The van der Waals surface area contributed by atoms with Gasteiger partial charge in [-0.15, -0.1) is 5.10 Å². The molecule has 1 aliphatic rings. The Hall–Kier alpha value is -3.58. The molecule has 2 aromatic heterocycles. The molecule has 0 aliphatic carbocycles. The lowest BCUT2D eigenvalue weighted by Crippen LogP contribution is -2.20. The van der Waals surface area contributed by atoms with E-state index in [1.54, 1.807) is 4.68 Å². The summed E-state index contributed by atoms with van der Waals surface area (Å²) in [5.41, 5.74) is 8.95. The molecule has 38 heavy (non-hydrogen) atoms. The summed E-state index contributed by atoms with van der Waals surface area (Å²) < 4.78 is 3.62. The van der Waals surface area contributed by atoms with Crippen molar-refractivity contribution in [1.82, 2.24) is 29.7 Å². The van der Waals surface area contributed by atoms with Crippen LogP contribution in [0.2, 0.25) is 0 Å². The average molecular weight is 511 g/mol. The maximum absolute atomic E-state index is 13.6. The normalized spacial score (nSPS) is 14.4. The third-order valence-corrected chi connectivity index (χ3v) is 7.68. The summed E-state index contributed by atoms with van der Waals surface area (Å²) in [6.07, 6.45) is 6.60. The van der Waals surface area contributed by atoms with E-state index in [9.17, 15) is 4.79 Å². The van der Waals surface area contributed by atoms with E-state index in [0.29, 0.717) is 6.42 Å². The summed E-state index contributed by atoms with van der Waals surface area (Å²) in [7, 11) is 1.92. The first-order valence-electron chi connectivity index (χ1n) is 13.5. The molecule has 2 aromatic carbocycles. The lowest BCUT2D eigenvalue weighted by molar-refractivity contribution is 0.0992. The minimum Gasteiger partial charge on any atom is -0.299 e. The molecule has 0 spiro atoms. The van der Waals surface area contributed by atoms with Crippen molar-refractivity contribution in [2.75, 3.05) is 13.1 Å². The van der Waals surface area contributed by atoms with Gasteiger partial charge >= 0.3 is 0 Å². The second kappa shape index (κ2) is 10.3. The van der Waals surface area contributed by atoms with Crippen LogP contribution in [0.4, 0.5) is 0 Å². The number of rotatable bonds is 7. The van der Waals surface area contributed by atoms with E-state index in [0.717, 1.165) is 59.0 Å². The molecule has 7 heteroatoms. The highest BCUT2D eigenvalue weighted by Gasteiger charge is 2.20. The van der Waals surface area contributed by atoms with Gasteiger partial charge in [0.25, 0.3) is 0 Å². The molecule has 0 unspecified atom stereocenters. The molecule has 198 valence electrons. The molecular formula is C31H38N6O. The standard InChI is InChI=1S/C31H38N6O/c1-21-9-10-23(15-29(21)37-20-28(33-34-37)27-18-32-35(6)22(27)2)16-30(38)25-13-24(19-36-11-7-8-12-36)14-26(17-25)31(3,4)5/h9-10,13-15,17-18,20H,7-8,11-12,16,19H2,1-6H3. The molecule has 0 N–H and O–H groups in total. The van der Waals surface area contributed by atoms with E-state index in [1.807, 2.05) is 37.1 Å². The van der Waals surface area contributed by atoms with Gasteiger partial charge < -0.3 is 0 Å². The topological polar surface area (TPSA) is 68.8 Å². The lowest BCUT2D eigenvalue weighted by atomic mass is 9.84. The summed E-state index contributed by atoms with van der Waals surface area (Å²) in [6.45, 7) is 13.9. The zero-order valence-corrected chi connectivity index (χ0v) is 23.5. The van der Waals surface area contributed by atoms with Crippen LogP contribution in [0.1, 0.15) is 71.9 Å². The average Bonchev–Trinajstić information content (AvgIpc) is 3.63. The smallest absolute Gasteiger partial charge is 0.167 e. The first-order valence-corrected chi connectivity index (χ1v) is 13.5. The van der Waals surface area contributed by atoms with E-state index < -0.39 is 0 Å². The molecule has 0 atom stereocenters. The Balaban J connectivity index is 1.40. The highest BCUT2D eigenvalue weighted by atomic mass is 16.1. The Morgan fingerprint density at radius 3 is 2.45 bits per heavy atom. The van der Waals surface area contributed by atoms with Crippen LogP contribution in [0.15, 0.2) is 48.8 Å². The van der Waals surface area contributed by atoms with Crippen molar-refractivity contribution in [3.05, 3.63) is 82.3 Å². The predicted molar refractivity (Wildman–Crippen MR) is 151 cm³/mol. The van der Waals surface area contributed by atoms with Gasteiger partial charge in [-0.3, -0.25) is 14.4 Å². The van der Waals surface area contributed by atoms with Crippen LogP contribution >= 0.6 is 0 Å². The van der Waals surface area contributed by atoms with Crippen molar-refractivity contribution in [2.24, 2.45) is 7.05 Å². The quantitative estimate of drug-likeness (QED) is 0.303. The minimum absolute atomic E-state index is 0.0233. The van der Waals surface area contributed by atoms with Crippen molar-refractivity contribution >= 4 is 5.78 Å². The molecular weight excluding hydrogens is 472 g/mol. The minimum atomic E-state index is -0.0233. The second-order valence-electron chi connectivity index (χ2n) is 11.7. The molecule has 0 bridgehead atoms. The first-order chi connectivity index (χ1) is 18.1. The number of carbonyl (C=O) groups excluding carboxylic acids is 1. The number of carbonyl (C=O) groups is 1. The van der Waals surface area contributed by atoms with Gasteiger partial charge in [-0.1, -0.05) is 44.2 Å². The van der Waals surface area contributed by atoms with Crippen LogP contribution in [-0.2, 0) is 25.4 Å². The third kappa shape index (κ3) is 5.48. The van der Waals surface area contributed by atoms with Gasteiger partial charge in [-0.2, -0.15) is 5.10 Å². The van der Waals surface area contributed by atoms with Crippen molar-refractivity contribution < 1.29 is 4.79 Å². The van der Waals surface area contributed by atoms with Gasteiger partial charge in [-0.25, -0.2) is 4.68 Å². The van der Waals surface area contributed by atoms with Gasteiger partial charge in [0.1, 0.15) is 5.69 Å². The Morgan fingerprint density at radius 1 is 1.00 bits per heavy atom. The van der Waals surface area contributed by atoms with Gasteiger partial charge in [0.05, 0.1) is 18.1 Å². The monoisotopic (exact) mass is 510 g/mol. The number of aryl methyl sites for hydroxylation is 2. The summed E-state index contributed by atoms with van der Waals surface area (Å²) >= 11 is 0. The van der Waals surface area contributed by atoms with Crippen molar-refractivity contribution in [2.45, 2.75) is 65.8 Å². The number of nitrogens with zero attached hydrogens (tertiary/aromatic N) is 6. The number of benzene rings is 2. The van der Waals surface area contributed by atoms with Crippen LogP contribution in [0.3, 0.4) is 0 Å². The van der Waals surface area contributed by atoms with Crippen LogP contribution < -0.4 is 0 Å². The predicted octanol–water partition coefficient (Wildman–Crippen LogP) is 5.60. The highest BCUT2D eigenvalue weighted by Crippen LogP contribution is 2.27. The van der Waals surface area contributed by atoms with Crippen molar-refractivity contribution in [1.29, 1.82) is 0 Å². The summed E-state index contributed by atoms with van der Waals surface area (Å²) in [5, 5.41) is 13.1. The van der Waals surface area contributed by atoms with Crippen molar-refractivity contribution in [3.8, 4) is 16.9 Å². The largest absolute Gasteiger partial charge is 0.299 e. The number of hydrogen-bond acceptors (Lipinski definition) is 5. The molecule has 0 amide bonds. The zero-order chi connectivity index (χ0) is 27.0. The summed E-state index contributed by atoms with van der Waals surface area (Å²) in [5.74, 6) is 0.138. The molecule has 5 rings (SSSR count). The fourth-order valence-corrected chi connectivity index (χ4v) is 5.13. The SMILES string of the molecule is Cc1ccc(CC(=O)c2cc(CN3CCCC3)cc(C(C)(C)C)c2)cc1-n1cc(-c2cnn(C)c2C)nn1. The summed E-state index contributed by atoms with van der Waals surface area (Å²) in [4.78, 5) is 16.1. The molecule has 1 saturated heterocycles. The summed E-state index contributed by atoms with van der Waals surface area (Å²) in [6, 6.07) is 12.6. The third-order valence-electron chi connectivity index (χ3n) is 7.68. The number of likely N-dealkylation sites (tertiary alicyclic amines) is 1. The van der Waals surface area contributed by atoms with Crippen LogP contribution in [0.5, 0.6) is 0 Å². The van der Waals surface area contributed by atoms with E-state index in [1.165, 1.54) is 24.0 Å². The molecule has 0 radical (unpaired) electrons. The van der Waals surface area contributed by atoms with Gasteiger partial charge in [0.2, 0.25) is 0 Å². The fraction of sp³-hybridized carbons (Fsp3) is 0.419. The lowest BCUT2D eigenvalue weighted by Gasteiger charge is -2.23. The highest BCUT2D eigenvalue weighted by molar-refractivity contribution is 5.98. The number of hydrogen-bond donors (Lipinski definition) is 0. The number of ketones is 1. The Labute approximate surface area is 225 Å². The molecule has 0 saturated carbocycles. The molecule has 7 nitrogen and oxygen atoms in total. The Bertz CT molecular complexity index is 1470. The first kappa shape index (κ1) is 26.0. The van der Waals surface area contributed by atoms with Gasteiger partial charge in [0.15, 0.2) is 5.78 Å². The molecule has 3 heterocycles. The Kier molecular flexibility index (Phi) is 7.05. The van der Waals surface area contributed by atoms with E-state index >= 15 is 0 Å². The van der Waals surface area contributed by atoms with Gasteiger partial charge in [-0.05, 0) is 85.6 Å². The number of aromatic nitrogens is 5. The fourth-order valence-electron chi connectivity index (χ4n) is 5.13. The van der Waals surface area contributed by atoms with Crippen LogP contribution in [0, 0.1) is 13.8 Å². The van der Waals surface area contributed by atoms with E-state index in [2.05, 4.69) is 78.3 Å². The molecule has 1 fully saturated rings. The Morgan fingerprint density at radius 2 is 1.76 bits per heavy atom. The van der Waals surface area contributed by atoms with Gasteiger partial charge in [0, 0.05) is 36.8 Å².